The molecular weight excluding hydrogens is 156 g/mol. The second-order valence-corrected chi connectivity index (χ2v) is 2.59. The van der Waals surface area contributed by atoms with E-state index in [-0.39, 0.29) is 6.42 Å². The number of aliphatic carboxylic acids is 1. The molecule has 66 valence electrons. The van der Waals surface area contributed by atoms with E-state index in [1.807, 2.05) is 17.7 Å². The van der Waals surface area contributed by atoms with Gasteiger partial charge in [0.15, 0.2) is 0 Å². The topological polar surface area (TPSA) is 55.1 Å². The van der Waals surface area contributed by atoms with Gasteiger partial charge in [-0.15, -0.1) is 0 Å². The van der Waals surface area contributed by atoms with Gasteiger partial charge in [-0.05, 0) is 6.92 Å². The Morgan fingerprint density at radius 2 is 2.50 bits per heavy atom. The molecular formula is C8H12N2O2. The Kier molecular flexibility index (Phi) is 2.85. The summed E-state index contributed by atoms with van der Waals surface area (Å²) in [6.07, 6.45) is 4.27. The van der Waals surface area contributed by atoms with E-state index in [9.17, 15) is 4.79 Å². The molecule has 0 aliphatic carbocycles. The van der Waals surface area contributed by atoms with E-state index in [4.69, 9.17) is 5.11 Å². The maximum atomic E-state index is 10.2. The van der Waals surface area contributed by atoms with Gasteiger partial charge in [-0.1, -0.05) is 0 Å². The molecule has 12 heavy (non-hydrogen) atoms. The summed E-state index contributed by atoms with van der Waals surface area (Å²) >= 11 is 0. The maximum Gasteiger partial charge on any atom is 0.303 e. The summed E-state index contributed by atoms with van der Waals surface area (Å²) in [6.45, 7) is 2.89. The fourth-order valence-corrected chi connectivity index (χ4v) is 0.943. The molecule has 0 aromatic carbocycles. The van der Waals surface area contributed by atoms with Crippen LogP contribution in [0.3, 0.4) is 0 Å². The number of nitrogens with zero attached hydrogens (tertiary/aromatic N) is 2. The molecule has 0 unspecified atom stereocenters. The minimum atomic E-state index is -0.777. The van der Waals surface area contributed by atoms with Gasteiger partial charge in [0.2, 0.25) is 0 Å². The highest BCUT2D eigenvalue weighted by Crippen LogP contribution is 1.99. The normalized spacial score (nSPS) is 10.1. The first-order valence-electron chi connectivity index (χ1n) is 3.95. The van der Waals surface area contributed by atoms with Gasteiger partial charge in [-0.2, -0.15) is 0 Å². The minimum Gasteiger partial charge on any atom is -0.481 e. The number of carboxylic acids is 1. The maximum absolute atomic E-state index is 10.2. The number of hydrogen-bond donors (Lipinski definition) is 1. The molecule has 1 aromatic heterocycles. The average Bonchev–Trinajstić information content (AvgIpc) is 2.48. The Labute approximate surface area is 70.9 Å². The number of aromatic nitrogens is 2. The molecule has 1 aromatic rings. The van der Waals surface area contributed by atoms with E-state index in [0.717, 1.165) is 12.2 Å². The summed E-state index contributed by atoms with van der Waals surface area (Å²) in [4.78, 5) is 14.3. The molecule has 0 saturated heterocycles. The lowest BCUT2D eigenvalue weighted by molar-refractivity contribution is -0.136. The number of aryl methyl sites for hydroxylation is 2. The Hall–Kier alpha value is -1.32. The predicted octanol–water partition coefficient (Wildman–Crippen LogP) is 0.920. The highest BCUT2D eigenvalue weighted by Gasteiger charge is 2.01. The van der Waals surface area contributed by atoms with E-state index in [1.54, 1.807) is 6.33 Å². The van der Waals surface area contributed by atoms with E-state index in [1.165, 1.54) is 0 Å². The predicted molar refractivity (Wildman–Crippen MR) is 43.9 cm³/mol. The fraction of sp³-hybridized carbons (Fsp3) is 0.500. The highest BCUT2D eigenvalue weighted by atomic mass is 16.4. The molecule has 0 fully saturated rings. The average molecular weight is 168 g/mol. The molecule has 0 aliphatic rings. The quantitative estimate of drug-likeness (QED) is 0.727. The lowest BCUT2D eigenvalue weighted by Gasteiger charge is -1.92. The molecule has 1 heterocycles. The number of carbonyl (C=O) groups is 1. The molecule has 1 N–H and O–H groups in total. The Morgan fingerprint density at radius 1 is 1.75 bits per heavy atom. The first-order chi connectivity index (χ1) is 5.72. The highest BCUT2D eigenvalue weighted by molar-refractivity contribution is 5.66. The molecule has 0 saturated carbocycles. The van der Waals surface area contributed by atoms with Gasteiger partial charge in [-0.25, -0.2) is 4.98 Å². The van der Waals surface area contributed by atoms with Crippen LogP contribution in [0, 0.1) is 0 Å². The van der Waals surface area contributed by atoms with Gasteiger partial charge < -0.3 is 9.67 Å². The molecule has 0 atom stereocenters. The van der Waals surface area contributed by atoms with Crippen LogP contribution in [0.25, 0.3) is 0 Å². The molecule has 0 spiro atoms. The zero-order valence-corrected chi connectivity index (χ0v) is 7.03. The van der Waals surface area contributed by atoms with Crippen LogP contribution in [0.15, 0.2) is 12.5 Å². The van der Waals surface area contributed by atoms with Crippen LogP contribution in [-0.4, -0.2) is 20.6 Å². The van der Waals surface area contributed by atoms with Crippen molar-refractivity contribution >= 4 is 5.97 Å². The van der Waals surface area contributed by atoms with Crippen LogP contribution in [0.4, 0.5) is 0 Å². The smallest absolute Gasteiger partial charge is 0.303 e. The summed E-state index contributed by atoms with van der Waals surface area (Å²) in [5.74, 6) is -0.777. The van der Waals surface area contributed by atoms with Gasteiger partial charge in [-0.3, -0.25) is 4.79 Å². The molecule has 4 heteroatoms. The molecule has 1 rings (SSSR count). The second-order valence-electron chi connectivity index (χ2n) is 2.59. The third-order valence-electron chi connectivity index (χ3n) is 1.65. The third-order valence-corrected chi connectivity index (χ3v) is 1.65. The summed E-state index contributed by atoms with van der Waals surface area (Å²) < 4.78 is 1.93. The number of carboxylic acid groups (broad SMARTS) is 1. The van der Waals surface area contributed by atoms with Crippen molar-refractivity contribution in [3.63, 3.8) is 0 Å². The lowest BCUT2D eigenvalue weighted by atomic mass is 10.2. The van der Waals surface area contributed by atoms with E-state index in [2.05, 4.69) is 4.98 Å². The Morgan fingerprint density at radius 3 is 3.00 bits per heavy atom. The summed E-state index contributed by atoms with van der Waals surface area (Å²) in [5, 5.41) is 8.40. The Bertz CT molecular complexity index is 268. The largest absolute Gasteiger partial charge is 0.481 e. The van der Waals surface area contributed by atoms with E-state index < -0.39 is 5.97 Å². The van der Waals surface area contributed by atoms with Gasteiger partial charge in [0.1, 0.15) is 0 Å². The van der Waals surface area contributed by atoms with Crippen LogP contribution in [0.2, 0.25) is 0 Å². The van der Waals surface area contributed by atoms with Crippen molar-refractivity contribution in [1.82, 2.24) is 9.55 Å². The van der Waals surface area contributed by atoms with Crippen LogP contribution < -0.4 is 0 Å². The van der Waals surface area contributed by atoms with Gasteiger partial charge in [0, 0.05) is 19.2 Å². The number of rotatable bonds is 4. The second kappa shape index (κ2) is 3.90. The first-order valence-corrected chi connectivity index (χ1v) is 3.95. The fourth-order valence-electron chi connectivity index (χ4n) is 0.943. The minimum absolute atomic E-state index is 0.153. The summed E-state index contributed by atoms with van der Waals surface area (Å²) in [6, 6.07) is 0. The van der Waals surface area contributed by atoms with Crippen molar-refractivity contribution in [1.29, 1.82) is 0 Å². The number of imidazole rings is 1. The van der Waals surface area contributed by atoms with Crippen LogP contribution >= 0.6 is 0 Å². The van der Waals surface area contributed by atoms with Crippen molar-refractivity contribution in [2.75, 3.05) is 0 Å². The van der Waals surface area contributed by atoms with Gasteiger partial charge in [0.25, 0.3) is 0 Å². The molecule has 0 aliphatic heterocycles. The molecule has 0 radical (unpaired) electrons. The zero-order chi connectivity index (χ0) is 8.97. The molecule has 4 nitrogen and oxygen atoms in total. The molecule has 0 amide bonds. The summed E-state index contributed by atoms with van der Waals surface area (Å²) in [5.41, 5.74) is 0.847. The zero-order valence-electron chi connectivity index (χ0n) is 7.03. The van der Waals surface area contributed by atoms with Crippen molar-refractivity contribution < 1.29 is 9.90 Å². The lowest BCUT2D eigenvalue weighted by Crippen LogP contribution is -1.97. The Balaban J connectivity index is 2.47. The standard InChI is InChI=1S/C8H12N2O2/c1-2-10-5-7(9-6-10)3-4-8(11)12/h5-6H,2-4H2,1H3,(H,11,12). The van der Waals surface area contributed by atoms with Crippen molar-refractivity contribution in [3.05, 3.63) is 18.2 Å². The van der Waals surface area contributed by atoms with Gasteiger partial charge >= 0.3 is 5.97 Å². The summed E-state index contributed by atoms with van der Waals surface area (Å²) in [7, 11) is 0. The van der Waals surface area contributed by atoms with Crippen molar-refractivity contribution in [3.8, 4) is 0 Å². The van der Waals surface area contributed by atoms with Gasteiger partial charge in [0.05, 0.1) is 18.4 Å². The number of hydrogen-bond acceptors (Lipinski definition) is 2. The van der Waals surface area contributed by atoms with E-state index >= 15 is 0 Å². The monoisotopic (exact) mass is 168 g/mol. The van der Waals surface area contributed by atoms with Crippen LogP contribution in [-0.2, 0) is 17.8 Å². The van der Waals surface area contributed by atoms with Crippen molar-refractivity contribution in [2.24, 2.45) is 0 Å². The van der Waals surface area contributed by atoms with Crippen LogP contribution in [0.1, 0.15) is 19.0 Å². The SMILES string of the molecule is CCn1cnc(CCC(=O)O)c1. The van der Waals surface area contributed by atoms with Crippen LogP contribution in [0.5, 0.6) is 0 Å². The molecule has 0 bridgehead atoms. The van der Waals surface area contributed by atoms with Crippen molar-refractivity contribution in [2.45, 2.75) is 26.3 Å². The van der Waals surface area contributed by atoms with E-state index in [0.29, 0.717) is 6.42 Å². The third kappa shape index (κ3) is 2.38. The first kappa shape index (κ1) is 8.77.